The van der Waals surface area contributed by atoms with Gasteiger partial charge in [0.15, 0.2) is 0 Å². The van der Waals surface area contributed by atoms with Crippen LogP contribution in [-0.4, -0.2) is 50.8 Å². The zero-order chi connectivity index (χ0) is 24.5. The van der Waals surface area contributed by atoms with E-state index < -0.39 is 0 Å². The number of rotatable bonds is 4. The highest BCUT2D eigenvalue weighted by atomic mass is 16.5. The van der Waals surface area contributed by atoms with E-state index in [0.717, 1.165) is 71.9 Å². The molecule has 184 valence electrons. The van der Waals surface area contributed by atoms with E-state index in [0.29, 0.717) is 12.1 Å². The van der Waals surface area contributed by atoms with E-state index in [1.165, 1.54) is 19.3 Å². The van der Waals surface area contributed by atoms with Crippen molar-refractivity contribution in [3.63, 3.8) is 0 Å². The van der Waals surface area contributed by atoms with Gasteiger partial charge in [0.25, 0.3) is 5.91 Å². The maximum Gasteiger partial charge on any atom is 0.254 e. The summed E-state index contributed by atoms with van der Waals surface area (Å²) in [5.41, 5.74) is 3.27. The first-order valence-corrected chi connectivity index (χ1v) is 13.0. The minimum atomic E-state index is 0.0590. The molecule has 2 aliphatic rings. The number of nitrogens with zero attached hydrogens (tertiary/aromatic N) is 5. The van der Waals surface area contributed by atoms with Crippen molar-refractivity contribution in [3.05, 3.63) is 71.8 Å². The van der Waals surface area contributed by atoms with Crippen LogP contribution < -0.4 is 4.74 Å². The van der Waals surface area contributed by atoms with E-state index in [-0.39, 0.29) is 11.8 Å². The minimum absolute atomic E-state index is 0.0590. The van der Waals surface area contributed by atoms with Crippen molar-refractivity contribution < 1.29 is 9.53 Å². The Kier molecular flexibility index (Phi) is 6.13. The van der Waals surface area contributed by atoms with Gasteiger partial charge in [-0.2, -0.15) is 0 Å². The zero-order valence-corrected chi connectivity index (χ0v) is 20.7. The van der Waals surface area contributed by atoms with E-state index in [1.807, 2.05) is 59.5 Å². The summed E-state index contributed by atoms with van der Waals surface area (Å²) in [5, 5.41) is 10.0. The predicted molar refractivity (Wildman–Crippen MR) is 139 cm³/mol. The summed E-state index contributed by atoms with van der Waals surface area (Å²) in [6.07, 6.45) is 6.59. The molecule has 0 saturated carbocycles. The van der Waals surface area contributed by atoms with E-state index in [9.17, 15) is 4.79 Å². The van der Waals surface area contributed by atoms with Crippen molar-refractivity contribution in [1.82, 2.24) is 24.6 Å². The molecule has 7 nitrogen and oxygen atoms in total. The number of hydrogen-bond acceptors (Lipinski definition) is 5. The summed E-state index contributed by atoms with van der Waals surface area (Å²) in [4.78, 5) is 20.9. The van der Waals surface area contributed by atoms with Gasteiger partial charge < -0.3 is 14.2 Å². The first-order valence-electron chi connectivity index (χ1n) is 13.0. The minimum Gasteiger partial charge on any atom is -0.497 e. The van der Waals surface area contributed by atoms with Gasteiger partial charge in [0.05, 0.1) is 23.9 Å². The summed E-state index contributed by atoms with van der Waals surface area (Å²) in [6.45, 7) is 2.42. The molecule has 4 heterocycles. The van der Waals surface area contributed by atoms with Crippen LogP contribution in [0.1, 0.15) is 60.0 Å². The topological polar surface area (TPSA) is 73.1 Å². The van der Waals surface area contributed by atoms with Gasteiger partial charge in [0.1, 0.15) is 17.4 Å². The van der Waals surface area contributed by atoms with Crippen LogP contribution in [0.4, 0.5) is 0 Å². The Hall–Kier alpha value is -3.74. The van der Waals surface area contributed by atoms with Gasteiger partial charge in [-0.05, 0) is 62.1 Å². The van der Waals surface area contributed by atoms with Crippen molar-refractivity contribution in [2.45, 2.75) is 51.0 Å². The number of amides is 1. The number of methoxy groups -OCH3 is 1. The normalized spacial score (nSPS) is 18.0. The van der Waals surface area contributed by atoms with Crippen LogP contribution in [0.2, 0.25) is 0 Å². The van der Waals surface area contributed by atoms with E-state index >= 15 is 0 Å². The molecule has 2 aliphatic heterocycles. The molecule has 0 bridgehead atoms. The number of carbonyl (C=O) groups is 1. The lowest BCUT2D eigenvalue weighted by atomic mass is 9.95. The van der Waals surface area contributed by atoms with Gasteiger partial charge >= 0.3 is 0 Å². The molecule has 0 radical (unpaired) electrons. The summed E-state index contributed by atoms with van der Waals surface area (Å²) >= 11 is 0. The number of likely N-dealkylation sites (tertiary alicyclic amines) is 1. The Morgan fingerprint density at radius 3 is 2.69 bits per heavy atom. The third-order valence-electron chi connectivity index (χ3n) is 7.54. The van der Waals surface area contributed by atoms with Gasteiger partial charge in [-0.1, -0.05) is 24.6 Å². The fraction of sp³-hybridized carbons (Fsp3) is 0.379. The summed E-state index contributed by atoms with van der Waals surface area (Å²) < 4.78 is 7.63. The average Bonchev–Trinajstić information content (AvgIpc) is 3.20. The Labute approximate surface area is 211 Å². The molecule has 36 heavy (non-hydrogen) atoms. The van der Waals surface area contributed by atoms with Crippen LogP contribution in [-0.2, 0) is 13.0 Å². The number of aryl methyl sites for hydroxylation is 1. The maximum atomic E-state index is 14.0. The number of benzene rings is 2. The summed E-state index contributed by atoms with van der Waals surface area (Å²) in [5.74, 6) is 3.24. The largest absolute Gasteiger partial charge is 0.497 e. The van der Waals surface area contributed by atoms with Crippen molar-refractivity contribution in [2.24, 2.45) is 0 Å². The second-order valence-corrected chi connectivity index (χ2v) is 9.83. The number of piperidine rings is 1. The number of para-hydroxylation sites is 1. The zero-order valence-electron chi connectivity index (χ0n) is 20.7. The van der Waals surface area contributed by atoms with Crippen molar-refractivity contribution >= 4 is 16.8 Å². The van der Waals surface area contributed by atoms with E-state index in [1.54, 1.807) is 7.11 Å². The Morgan fingerprint density at radius 2 is 1.83 bits per heavy atom. The molecule has 1 saturated heterocycles. The lowest BCUT2D eigenvalue weighted by Crippen LogP contribution is -2.40. The van der Waals surface area contributed by atoms with Crippen LogP contribution in [0.25, 0.3) is 22.2 Å². The number of carbonyl (C=O) groups excluding carboxylic acids is 1. The highest BCUT2D eigenvalue weighted by Gasteiger charge is 2.30. The predicted octanol–water partition coefficient (Wildman–Crippen LogP) is 5.25. The average molecular weight is 482 g/mol. The quantitative estimate of drug-likeness (QED) is 0.398. The molecular weight excluding hydrogens is 450 g/mol. The molecule has 2 aromatic heterocycles. The maximum absolute atomic E-state index is 14.0. The van der Waals surface area contributed by atoms with Crippen molar-refractivity contribution in [2.75, 3.05) is 20.2 Å². The smallest absolute Gasteiger partial charge is 0.254 e. The summed E-state index contributed by atoms with van der Waals surface area (Å²) in [7, 11) is 1.66. The highest BCUT2D eigenvalue weighted by Crippen LogP contribution is 2.31. The fourth-order valence-electron chi connectivity index (χ4n) is 5.61. The van der Waals surface area contributed by atoms with E-state index in [4.69, 9.17) is 9.72 Å². The highest BCUT2D eigenvalue weighted by molar-refractivity contribution is 6.07. The number of pyridine rings is 1. The molecule has 1 fully saturated rings. The second-order valence-electron chi connectivity index (χ2n) is 9.83. The molecule has 0 aliphatic carbocycles. The first kappa shape index (κ1) is 22.7. The lowest BCUT2D eigenvalue weighted by molar-refractivity contribution is 0.0705. The van der Waals surface area contributed by atoms with Gasteiger partial charge in [-0.15, -0.1) is 10.2 Å². The van der Waals surface area contributed by atoms with Crippen molar-refractivity contribution in [1.29, 1.82) is 0 Å². The lowest BCUT2D eigenvalue weighted by Gasteiger charge is -2.33. The molecule has 1 atom stereocenters. The molecule has 6 rings (SSSR count). The molecule has 1 amide bonds. The molecule has 1 unspecified atom stereocenters. The second kappa shape index (κ2) is 9.72. The van der Waals surface area contributed by atoms with Gasteiger partial charge in [0.2, 0.25) is 0 Å². The van der Waals surface area contributed by atoms with Crippen LogP contribution in [0.5, 0.6) is 5.75 Å². The number of ether oxygens (including phenoxy) is 1. The van der Waals surface area contributed by atoms with Gasteiger partial charge in [-0.3, -0.25) is 4.79 Å². The third kappa shape index (κ3) is 4.23. The fourth-order valence-corrected chi connectivity index (χ4v) is 5.61. The molecule has 7 heteroatoms. The van der Waals surface area contributed by atoms with Gasteiger partial charge in [-0.25, -0.2) is 4.98 Å². The monoisotopic (exact) mass is 481 g/mol. The van der Waals surface area contributed by atoms with Crippen LogP contribution in [0.15, 0.2) is 54.6 Å². The number of fused-ring (bicyclic) bond motifs is 2. The Bertz CT molecular complexity index is 1390. The molecular formula is C29H31N5O2. The SMILES string of the molecule is COc1ccc(-c2cc(C(=O)N3CCCC(c4nnc5n4CCCCC5)C3)c3ccccc3n2)cc1. The molecule has 0 N–H and O–H groups in total. The Balaban J connectivity index is 1.33. The van der Waals surface area contributed by atoms with Crippen LogP contribution in [0, 0.1) is 0 Å². The van der Waals surface area contributed by atoms with Crippen LogP contribution >= 0.6 is 0 Å². The molecule has 2 aromatic carbocycles. The first-order chi connectivity index (χ1) is 17.7. The van der Waals surface area contributed by atoms with Gasteiger partial charge in [0, 0.05) is 42.9 Å². The molecule has 4 aromatic rings. The van der Waals surface area contributed by atoms with E-state index in [2.05, 4.69) is 14.8 Å². The number of aromatic nitrogens is 4. The van der Waals surface area contributed by atoms with Crippen LogP contribution in [0.3, 0.4) is 0 Å². The molecule has 0 spiro atoms. The van der Waals surface area contributed by atoms with Crippen molar-refractivity contribution in [3.8, 4) is 17.0 Å². The third-order valence-corrected chi connectivity index (χ3v) is 7.54. The Morgan fingerprint density at radius 1 is 0.972 bits per heavy atom. The number of hydrogen-bond donors (Lipinski definition) is 0. The summed E-state index contributed by atoms with van der Waals surface area (Å²) in [6, 6.07) is 17.7. The standard InChI is InChI=1S/C29H31N5O2/c1-36-22-14-12-20(13-15-22)26-18-24(23-9-4-5-10-25(23)30-26)29(35)33-16-7-8-21(19-33)28-32-31-27-11-3-2-6-17-34(27)28/h4-5,9-10,12-15,18,21H,2-3,6-8,11,16-17,19H2,1H3.